The lowest BCUT2D eigenvalue weighted by molar-refractivity contribution is -0.110. The molecule has 0 aliphatic heterocycles. The SMILES string of the molecule is CCC(C)OP(=O)(O)CC(F)(F)F. The second-order valence-electron chi connectivity index (χ2n) is 2.74. The molecule has 80 valence electrons. The Balaban J connectivity index is 4.17. The van der Waals surface area contributed by atoms with Crippen LogP contribution in [0.4, 0.5) is 13.2 Å². The van der Waals surface area contributed by atoms with Gasteiger partial charge in [0.05, 0.1) is 6.10 Å². The Morgan fingerprint density at radius 2 is 2.00 bits per heavy atom. The fourth-order valence-electron chi connectivity index (χ4n) is 0.620. The van der Waals surface area contributed by atoms with Crippen molar-refractivity contribution in [2.45, 2.75) is 32.5 Å². The van der Waals surface area contributed by atoms with Crippen molar-refractivity contribution >= 4 is 7.60 Å². The summed E-state index contributed by atoms with van der Waals surface area (Å²) in [5, 5.41) is 0. The maximum absolute atomic E-state index is 11.7. The highest BCUT2D eigenvalue weighted by molar-refractivity contribution is 7.52. The van der Waals surface area contributed by atoms with Crippen molar-refractivity contribution in [2.75, 3.05) is 6.16 Å². The molecular formula is C6H12F3O3P. The molecule has 7 heteroatoms. The smallest absolute Gasteiger partial charge is 0.324 e. The van der Waals surface area contributed by atoms with E-state index in [1.807, 2.05) is 0 Å². The highest BCUT2D eigenvalue weighted by Crippen LogP contribution is 2.48. The maximum atomic E-state index is 11.7. The fourth-order valence-corrected chi connectivity index (χ4v) is 1.86. The lowest BCUT2D eigenvalue weighted by atomic mass is 10.3. The van der Waals surface area contributed by atoms with Crippen molar-refractivity contribution in [1.82, 2.24) is 0 Å². The third-order valence-corrected chi connectivity index (χ3v) is 2.75. The normalized spacial score (nSPS) is 19.5. The van der Waals surface area contributed by atoms with E-state index in [1.165, 1.54) is 6.92 Å². The van der Waals surface area contributed by atoms with Gasteiger partial charge in [0.1, 0.15) is 6.16 Å². The molecule has 2 unspecified atom stereocenters. The van der Waals surface area contributed by atoms with Crippen LogP contribution in [0.5, 0.6) is 0 Å². The standard InChI is InChI=1S/C6H12F3O3P/c1-3-5(2)12-13(10,11)4-6(7,8)9/h5H,3-4H2,1-2H3,(H,10,11). The highest BCUT2D eigenvalue weighted by atomic mass is 31.2. The van der Waals surface area contributed by atoms with Crippen LogP contribution in [0.15, 0.2) is 0 Å². The predicted octanol–water partition coefficient (Wildman–Crippen LogP) is 2.55. The van der Waals surface area contributed by atoms with Crippen LogP contribution < -0.4 is 0 Å². The van der Waals surface area contributed by atoms with E-state index in [0.29, 0.717) is 6.42 Å². The van der Waals surface area contributed by atoms with E-state index < -0.39 is 26.0 Å². The Morgan fingerprint density at radius 1 is 1.54 bits per heavy atom. The first kappa shape index (κ1) is 12.9. The summed E-state index contributed by atoms with van der Waals surface area (Å²) < 4.78 is 50.2. The molecule has 0 aromatic rings. The van der Waals surface area contributed by atoms with E-state index in [0.717, 1.165) is 0 Å². The van der Waals surface area contributed by atoms with Crippen LogP contribution in [0.3, 0.4) is 0 Å². The lowest BCUT2D eigenvalue weighted by Crippen LogP contribution is -2.17. The number of hydrogen-bond donors (Lipinski definition) is 1. The van der Waals surface area contributed by atoms with Gasteiger partial charge in [-0.25, -0.2) is 0 Å². The van der Waals surface area contributed by atoms with Gasteiger partial charge in [0.25, 0.3) is 0 Å². The van der Waals surface area contributed by atoms with E-state index in [1.54, 1.807) is 6.92 Å². The zero-order chi connectivity index (χ0) is 10.7. The summed E-state index contributed by atoms with van der Waals surface area (Å²) in [6.07, 6.45) is -6.71. The molecule has 0 aromatic heterocycles. The molecule has 0 heterocycles. The predicted molar refractivity (Wildman–Crippen MR) is 41.6 cm³/mol. The van der Waals surface area contributed by atoms with Crippen LogP contribution in [-0.4, -0.2) is 23.3 Å². The van der Waals surface area contributed by atoms with Gasteiger partial charge >= 0.3 is 13.8 Å². The maximum Gasteiger partial charge on any atom is 0.400 e. The molecule has 0 fully saturated rings. The van der Waals surface area contributed by atoms with Gasteiger partial charge in [-0.05, 0) is 13.3 Å². The molecular weight excluding hydrogens is 208 g/mol. The van der Waals surface area contributed by atoms with Gasteiger partial charge in [-0.15, -0.1) is 0 Å². The van der Waals surface area contributed by atoms with Crippen molar-refractivity contribution in [1.29, 1.82) is 0 Å². The van der Waals surface area contributed by atoms with E-state index in [-0.39, 0.29) is 0 Å². The van der Waals surface area contributed by atoms with Crippen LogP contribution in [0.1, 0.15) is 20.3 Å². The Labute approximate surface area is 74.4 Å². The fraction of sp³-hybridized carbons (Fsp3) is 1.00. The zero-order valence-corrected chi connectivity index (χ0v) is 8.23. The number of hydrogen-bond acceptors (Lipinski definition) is 2. The molecule has 3 nitrogen and oxygen atoms in total. The molecule has 1 N–H and O–H groups in total. The van der Waals surface area contributed by atoms with Crippen LogP contribution >= 0.6 is 7.60 Å². The Hall–Kier alpha value is -0.0600. The minimum Gasteiger partial charge on any atom is -0.324 e. The van der Waals surface area contributed by atoms with Gasteiger partial charge < -0.3 is 9.42 Å². The lowest BCUT2D eigenvalue weighted by Gasteiger charge is -2.17. The summed E-state index contributed by atoms with van der Waals surface area (Å²) in [5.41, 5.74) is 0. The van der Waals surface area contributed by atoms with Crippen LogP contribution in [-0.2, 0) is 9.09 Å². The Morgan fingerprint density at radius 3 is 2.31 bits per heavy atom. The molecule has 0 rings (SSSR count). The van der Waals surface area contributed by atoms with Crippen molar-refractivity contribution in [3.05, 3.63) is 0 Å². The van der Waals surface area contributed by atoms with E-state index in [2.05, 4.69) is 4.52 Å². The van der Waals surface area contributed by atoms with Gasteiger partial charge in [0.2, 0.25) is 0 Å². The second-order valence-corrected chi connectivity index (χ2v) is 4.54. The molecule has 0 radical (unpaired) electrons. The summed E-state index contributed by atoms with van der Waals surface area (Å²) in [5.74, 6) is 0. The monoisotopic (exact) mass is 220 g/mol. The van der Waals surface area contributed by atoms with Gasteiger partial charge in [-0.2, -0.15) is 13.2 Å². The number of halogens is 3. The molecule has 0 aliphatic carbocycles. The van der Waals surface area contributed by atoms with Gasteiger partial charge in [-0.3, -0.25) is 4.57 Å². The van der Waals surface area contributed by atoms with Crippen LogP contribution in [0.2, 0.25) is 0 Å². The minimum absolute atomic E-state index is 0.391. The Kier molecular flexibility index (Phi) is 4.42. The number of alkyl halides is 3. The zero-order valence-electron chi connectivity index (χ0n) is 7.34. The summed E-state index contributed by atoms with van der Waals surface area (Å²) in [4.78, 5) is 8.76. The van der Waals surface area contributed by atoms with Crippen LogP contribution in [0, 0.1) is 0 Å². The first-order valence-electron chi connectivity index (χ1n) is 3.73. The third kappa shape index (κ3) is 7.05. The van der Waals surface area contributed by atoms with Crippen molar-refractivity contribution in [3.8, 4) is 0 Å². The molecule has 0 saturated carbocycles. The first-order valence-corrected chi connectivity index (χ1v) is 5.49. The van der Waals surface area contributed by atoms with Crippen LogP contribution in [0.25, 0.3) is 0 Å². The second kappa shape index (κ2) is 4.44. The summed E-state index contributed by atoms with van der Waals surface area (Å²) in [7, 11) is -4.51. The van der Waals surface area contributed by atoms with Gasteiger partial charge in [0.15, 0.2) is 0 Å². The van der Waals surface area contributed by atoms with Crippen molar-refractivity contribution in [3.63, 3.8) is 0 Å². The van der Waals surface area contributed by atoms with E-state index in [9.17, 15) is 17.7 Å². The number of rotatable bonds is 4. The van der Waals surface area contributed by atoms with E-state index in [4.69, 9.17) is 4.89 Å². The largest absolute Gasteiger partial charge is 0.400 e. The molecule has 0 aliphatic rings. The average Bonchev–Trinajstić information content (AvgIpc) is 1.80. The molecule has 2 atom stereocenters. The molecule has 13 heavy (non-hydrogen) atoms. The van der Waals surface area contributed by atoms with E-state index >= 15 is 0 Å². The summed E-state index contributed by atoms with van der Waals surface area (Å²) in [6.45, 7) is 3.09. The molecule has 0 aromatic carbocycles. The quantitative estimate of drug-likeness (QED) is 0.740. The molecule has 0 amide bonds. The highest BCUT2D eigenvalue weighted by Gasteiger charge is 2.39. The summed E-state index contributed by atoms with van der Waals surface area (Å²) >= 11 is 0. The molecule has 0 bridgehead atoms. The average molecular weight is 220 g/mol. The third-order valence-electron chi connectivity index (χ3n) is 1.30. The first-order chi connectivity index (χ1) is 5.66. The summed E-state index contributed by atoms with van der Waals surface area (Å²) in [6, 6.07) is 0. The van der Waals surface area contributed by atoms with Crippen molar-refractivity contribution < 1.29 is 27.2 Å². The Bertz CT molecular complexity index is 204. The molecule has 0 spiro atoms. The minimum atomic E-state index is -4.67. The van der Waals surface area contributed by atoms with Crippen molar-refractivity contribution in [2.24, 2.45) is 0 Å². The topological polar surface area (TPSA) is 46.5 Å². The van der Waals surface area contributed by atoms with Gasteiger partial charge in [-0.1, -0.05) is 6.92 Å². The molecule has 0 saturated heterocycles. The van der Waals surface area contributed by atoms with Gasteiger partial charge in [0, 0.05) is 0 Å².